The third-order valence-corrected chi connectivity index (χ3v) is 5.56. The minimum absolute atomic E-state index is 0.239. The Kier molecular flexibility index (Phi) is 6.42. The van der Waals surface area contributed by atoms with Gasteiger partial charge in [-0.25, -0.2) is 0 Å². The molecule has 1 heterocycles. The normalized spacial score (nSPS) is 24.9. The summed E-state index contributed by atoms with van der Waals surface area (Å²) in [6.45, 7) is 5.64. The van der Waals surface area contributed by atoms with Gasteiger partial charge in [0.05, 0.1) is 7.11 Å². The zero-order valence-corrected chi connectivity index (χ0v) is 13.6. The predicted molar refractivity (Wildman–Crippen MR) is 77.3 cm³/mol. The van der Waals surface area contributed by atoms with E-state index in [2.05, 4.69) is 18.6 Å². The second kappa shape index (κ2) is 7.38. The number of rotatable bonds is 6. The number of esters is 1. The summed E-state index contributed by atoms with van der Waals surface area (Å²) in [6.07, 6.45) is 1.78. The lowest BCUT2D eigenvalue weighted by atomic mass is 9.94. The summed E-state index contributed by atoms with van der Waals surface area (Å²) in [5.74, 6) is 0.463. The number of hydrogen-bond acceptors (Lipinski definition) is 4. The topological polar surface area (TPSA) is 66.9 Å². The number of ether oxygens (including phenoxy) is 1. The van der Waals surface area contributed by atoms with Crippen molar-refractivity contribution >= 4 is 16.2 Å². The van der Waals surface area contributed by atoms with Crippen LogP contribution in [0.4, 0.5) is 0 Å². The number of hydrogen-bond donors (Lipinski definition) is 0. The molecule has 0 aliphatic carbocycles. The standard InChI is InChI=1S/C13H26N2O4S/c1-11-8-12(2)10-15(9-11)20(17,18)14(3)7-5-6-13(16)19-4/h11-12H,5-10H2,1-4H3. The van der Waals surface area contributed by atoms with Gasteiger partial charge in [0.1, 0.15) is 0 Å². The van der Waals surface area contributed by atoms with Crippen LogP contribution >= 0.6 is 0 Å². The molecule has 0 amide bonds. The van der Waals surface area contributed by atoms with E-state index in [9.17, 15) is 13.2 Å². The second-order valence-corrected chi connectivity index (χ2v) is 7.81. The summed E-state index contributed by atoms with van der Waals surface area (Å²) in [5, 5.41) is 0. The van der Waals surface area contributed by atoms with Gasteiger partial charge in [-0.1, -0.05) is 13.8 Å². The Bertz CT molecular complexity index is 414. The summed E-state index contributed by atoms with van der Waals surface area (Å²) < 4.78 is 32.4. The van der Waals surface area contributed by atoms with Crippen LogP contribution in [0.1, 0.15) is 33.1 Å². The van der Waals surface area contributed by atoms with Gasteiger partial charge in [0, 0.05) is 33.1 Å². The van der Waals surface area contributed by atoms with Crippen molar-refractivity contribution < 1.29 is 17.9 Å². The highest BCUT2D eigenvalue weighted by atomic mass is 32.2. The highest BCUT2D eigenvalue weighted by Crippen LogP contribution is 2.24. The molecule has 7 heteroatoms. The van der Waals surface area contributed by atoms with Crippen molar-refractivity contribution in [2.75, 3.05) is 33.8 Å². The molecule has 0 aromatic carbocycles. The number of carbonyl (C=O) groups excluding carboxylic acids is 1. The molecule has 1 rings (SSSR count). The van der Waals surface area contributed by atoms with Crippen LogP contribution in [0.15, 0.2) is 0 Å². The highest BCUT2D eigenvalue weighted by molar-refractivity contribution is 7.86. The molecule has 6 nitrogen and oxygen atoms in total. The molecule has 20 heavy (non-hydrogen) atoms. The number of methoxy groups -OCH3 is 1. The van der Waals surface area contributed by atoms with Crippen LogP contribution in [0.2, 0.25) is 0 Å². The van der Waals surface area contributed by atoms with E-state index in [0.717, 1.165) is 6.42 Å². The lowest BCUT2D eigenvalue weighted by molar-refractivity contribution is -0.140. The highest BCUT2D eigenvalue weighted by Gasteiger charge is 2.32. The van der Waals surface area contributed by atoms with Gasteiger partial charge in [-0.2, -0.15) is 17.0 Å². The zero-order valence-electron chi connectivity index (χ0n) is 12.8. The van der Waals surface area contributed by atoms with Crippen LogP contribution in [-0.2, 0) is 19.7 Å². The molecule has 0 aromatic rings. The Hall–Kier alpha value is -0.660. The molecule has 118 valence electrons. The fourth-order valence-corrected chi connectivity index (χ4v) is 4.29. The molecule has 0 bridgehead atoms. The smallest absolute Gasteiger partial charge is 0.305 e. The first kappa shape index (κ1) is 17.4. The van der Waals surface area contributed by atoms with Crippen LogP contribution in [0, 0.1) is 11.8 Å². The Morgan fingerprint density at radius 3 is 2.35 bits per heavy atom. The average Bonchev–Trinajstić information content (AvgIpc) is 2.37. The summed E-state index contributed by atoms with van der Waals surface area (Å²) >= 11 is 0. The number of carbonyl (C=O) groups is 1. The lowest BCUT2D eigenvalue weighted by Crippen LogP contribution is -2.48. The monoisotopic (exact) mass is 306 g/mol. The van der Waals surface area contributed by atoms with Crippen LogP contribution < -0.4 is 0 Å². The fourth-order valence-electron chi connectivity index (χ4n) is 2.65. The van der Waals surface area contributed by atoms with E-state index in [-0.39, 0.29) is 12.4 Å². The van der Waals surface area contributed by atoms with Crippen LogP contribution in [-0.4, -0.2) is 56.8 Å². The molecular formula is C13H26N2O4S. The zero-order chi connectivity index (χ0) is 15.3. The van der Waals surface area contributed by atoms with E-state index >= 15 is 0 Å². The summed E-state index contributed by atoms with van der Waals surface area (Å²) in [6, 6.07) is 0. The van der Waals surface area contributed by atoms with Gasteiger partial charge >= 0.3 is 5.97 Å². The number of piperidine rings is 1. The Balaban J connectivity index is 2.56. The summed E-state index contributed by atoms with van der Waals surface area (Å²) in [7, 11) is -0.519. The van der Waals surface area contributed by atoms with Crippen molar-refractivity contribution in [3.63, 3.8) is 0 Å². The van der Waals surface area contributed by atoms with Crippen LogP contribution in [0.3, 0.4) is 0 Å². The first-order valence-corrected chi connectivity index (χ1v) is 8.45. The first-order chi connectivity index (χ1) is 9.27. The van der Waals surface area contributed by atoms with Crippen molar-refractivity contribution in [1.82, 2.24) is 8.61 Å². The minimum atomic E-state index is -3.42. The molecule has 0 aromatic heterocycles. The van der Waals surface area contributed by atoms with E-state index in [1.807, 2.05) is 0 Å². The molecule has 2 atom stereocenters. The van der Waals surface area contributed by atoms with Gasteiger partial charge in [0.2, 0.25) is 0 Å². The van der Waals surface area contributed by atoms with Gasteiger partial charge in [-0.15, -0.1) is 0 Å². The molecule has 2 unspecified atom stereocenters. The lowest BCUT2D eigenvalue weighted by Gasteiger charge is -2.36. The molecule has 0 spiro atoms. The average molecular weight is 306 g/mol. The van der Waals surface area contributed by atoms with Crippen molar-refractivity contribution in [2.24, 2.45) is 11.8 Å². The van der Waals surface area contributed by atoms with Crippen molar-refractivity contribution in [2.45, 2.75) is 33.1 Å². The number of nitrogens with zero attached hydrogens (tertiary/aromatic N) is 2. The summed E-state index contributed by atoms with van der Waals surface area (Å²) in [5.41, 5.74) is 0. The molecule has 1 aliphatic rings. The maximum Gasteiger partial charge on any atom is 0.305 e. The Morgan fingerprint density at radius 1 is 1.30 bits per heavy atom. The maximum atomic E-state index is 12.5. The van der Waals surface area contributed by atoms with Gasteiger partial charge in [-0.3, -0.25) is 4.79 Å². The SMILES string of the molecule is COC(=O)CCCN(C)S(=O)(=O)N1CC(C)CC(C)C1. The van der Waals surface area contributed by atoms with Crippen molar-refractivity contribution in [3.8, 4) is 0 Å². The van der Waals surface area contributed by atoms with Crippen molar-refractivity contribution in [1.29, 1.82) is 0 Å². The van der Waals surface area contributed by atoms with E-state index in [4.69, 9.17) is 0 Å². The van der Waals surface area contributed by atoms with Crippen LogP contribution in [0.5, 0.6) is 0 Å². The third-order valence-electron chi connectivity index (χ3n) is 3.64. The Labute approximate surface area is 122 Å². The first-order valence-electron chi connectivity index (χ1n) is 7.05. The molecule has 1 saturated heterocycles. The van der Waals surface area contributed by atoms with Gasteiger partial charge < -0.3 is 4.74 Å². The second-order valence-electron chi connectivity index (χ2n) is 5.77. The largest absolute Gasteiger partial charge is 0.469 e. The van der Waals surface area contributed by atoms with E-state index in [1.54, 1.807) is 11.4 Å². The minimum Gasteiger partial charge on any atom is -0.469 e. The molecule has 1 aliphatic heterocycles. The van der Waals surface area contributed by atoms with E-state index in [1.165, 1.54) is 11.4 Å². The third kappa shape index (κ3) is 4.71. The van der Waals surface area contributed by atoms with Gasteiger partial charge in [0.25, 0.3) is 10.2 Å². The van der Waals surface area contributed by atoms with Crippen molar-refractivity contribution in [3.05, 3.63) is 0 Å². The molecule has 0 radical (unpaired) electrons. The van der Waals surface area contributed by atoms with Gasteiger partial charge in [-0.05, 0) is 24.7 Å². The Morgan fingerprint density at radius 2 is 1.85 bits per heavy atom. The van der Waals surface area contributed by atoms with E-state index in [0.29, 0.717) is 37.9 Å². The van der Waals surface area contributed by atoms with Gasteiger partial charge in [0.15, 0.2) is 0 Å². The fraction of sp³-hybridized carbons (Fsp3) is 0.923. The predicted octanol–water partition coefficient (Wildman–Crippen LogP) is 1.09. The molecular weight excluding hydrogens is 280 g/mol. The molecule has 0 saturated carbocycles. The quantitative estimate of drug-likeness (QED) is 0.689. The maximum absolute atomic E-state index is 12.5. The van der Waals surface area contributed by atoms with E-state index < -0.39 is 10.2 Å². The summed E-state index contributed by atoms with van der Waals surface area (Å²) in [4.78, 5) is 11.0. The molecule has 1 fully saturated rings. The van der Waals surface area contributed by atoms with Crippen LogP contribution in [0.25, 0.3) is 0 Å². The molecule has 0 N–H and O–H groups in total.